The van der Waals surface area contributed by atoms with Crippen LogP contribution in [-0.4, -0.2) is 4.98 Å². The number of aromatic nitrogens is 1. The molecule has 2 aromatic rings. The summed E-state index contributed by atoms with van der Waals surface area (Å²) in [4.78, 5) is 6.45. The molecule has 2 nitrogen and oxygen atoms in total. The van der Waals surface area contributed by atoms with Crippen LogP contribution >= 0.6 is 15.9 Å². The maximum atomic E-state index is 4.09. The first-order valence-corrected chi connectivity index (χ1v) is 6.05. The molecule has 1 aliphatic rings. The van der Waals surface area contributed by atoms with Crippen molar-refractivity contribution in [1.29, 1.82) is 0 Å². The minimum atomic E-state index is 0.985. The van der Waals surface area contributed by atoms with Gasteiger partial charge in [0.1, 0.15) is 0 Å². The molecule has 0 N–H and O–H groups in total. The Kier molecular flexibility index (Phi) is 2.40. The van der Waals surface area contributed by atoms with Crippen LogP contribution in [0.4, 0.5) is 5.69 Å². The highest BCUT2D eigenvalue weighted by Gasteiger charge is 2.19. The molecular formula is C13H11BrN2. The summed E-state index contributed by atoms with van der Waals surface area (Å²) in [6.45, 7) is 1.97. The van der Waals surface area contributed by atoms with Crippen molar-refractivity contribution in [2.75, 3.05) is 4.90 Å². The fourth-order valence-electron chi connectivity index (χ4n) is 2.13. The molecule has 80 valence electrons. The van der Waals surface area contributed by atoms with E-state index in [4.69, 9.17) is 0 Å². The third-order valence-electron chi connectivity index (χ3n) is 2.93. The molecule has 3 heteroatoms. The van der Waals surface area contributed by atoms with E-state index in [1.807, 2.05) is 12.4 Å². The quantitative estimate of drug-likeness (QED) is 0.793. The first-order valence-electron chi connectivity index (χ1n) is 5.26. The number of nitrogens with zero attached hydrogens (tertiary/aromatic N) is 2. The van der Waals surface area contributed by atoms with E-state index in [2.05, 4.69) is 56.1 Å². The van der Waals surface area contributed by atoms with Crippen molar-refractivity contribution < 1.29 is 0 Å². The van der Waals surface area contributed by atoms with Crippen LogP contribution in [0.3, 0.4) is 0 Å². The second-order valence-electron chi connectivity index (χ2n) is 3.95. The molecule has 0 amide bonds. The average molecular weight is 275 g/mol. The van der Waals surface area contributed by atoms with E-state index in [-0.39, 0.29) is 0 Å². The zero-order valence-electron chi connectivity index (χ0n) is 8.73. The van der Waals surface area contributed by atoms with Crippen molar-refractivity contribution in [3.05, 3.63) is 58.3 Å². The minimum absolute atomic E-state index is 0.985. The molecular weight excluding hydrogens is 264 g/mol. The summed E-state index contributed by atoms with van der Waals surface area (Å²) in [6, 6.07) is 10.7. The van der Waals surface area contributed by atoms with Gasteiger partial charge in [-0.25, -0.2) is 0 Å². The Bertz CT molecular complexity index is 500. The zero-order chi connectivity index (χ0) is 11.0. The van der Waals surface area contributed by atoms with Crippen LogP contribution in [-0.2, 0) is 13.1 Å². The summed E-state index contributed by atoms with van der Waals surface area (Å²) in [5.74, 6) is 0. The van der Waals surface area contributed by atoms with Gasteiger partial charge in [-0.15, -0.1) is 0 Å². The van der Waals surface area contributed by atoms with Gasteiger partial charge in [-0.2, -0.15) is 0 Å². The SMILES string of the molecule is Brc1cnccc1N1Cc2ccccc2C1. The lowest BCUT2D eigenvalue weighted by molar-refractivity contribution is 0.875. The lowest BCUT2D eigenvalue weighted by atomic mass is 10.1. The molecule has 1 aliphatic heterocycles. The summed E-state index contributed by atoms with van der Waals surface area (Å²) in [5, 5.41) is 0. The molecule has 0 saturated carbocycles. The zero-order valence-corrected chi connectivity index (χ0v) is 10.3. The van der Waals surface area contributed by atoms with Gasteiger partial charge in [-0.3, -0.25) is 4.98 Å². The van der Waals surface area contributed by atoms with Crippen LogP contribution in [0.2, 0.25) is 0 Å². The summed E-state index contributed by atoms with van der Waals surface area (Å²) in [7, 11) is 0. The predicted octanol–water partition coefficient (Wildman–Crippen LogP) is 3.36. The monoisotopic (exact) mass is 274 g/mol. The van der Waals surface area contributed by atoms with Crippen molar-refractivity contribution >= 4 is 21.6 Å². The number of hydrogen-bond acceptors (Lipinski definition) is 2. The Morgan fingerprint density at radius 3 is 2.38 bits per heavy atom. The summed E-state index contributed by atoms with van der Waals surface area (Å²) >= 11 is 3.55. The third-order valence-corrected chi connectivity index (χ3v) is 3.54. The van der Waals surface area contributed by atoms with Gasteiger partial charge < -0.3 is 4.90 Å². The molecule has 1 aromatic heterocycles. The van der Waals surface area contributed by atoms with Crippen LogP contribution in [0, 0.1) is 0 Å². The fraction of sp³-hybridized carbons (Fsp3) is 0.154. The molecule has 0 radical (unpaired) electrons. The molecule has 0 fully saturated rings. The number of fused-ring (bicyclic) bond motifs is 1. The highest BCUT2D eigenvalue weighted by atomic mass is 79.9. The Morgan fingerprint density at radius 1 is 1.06 bits per heavy atom. The Hall–Kier alpha value is -1.35. The van der Waals surface area contributed by atoms with Gasteiger partial charge in [0, 0.05) is 25.5 Å². The number of hydrogen-bond donors (Lipinski definition) is 0. The molecule has 0 spiro atoms. The molecule has 0 bridgehead atoms. The van der Waals surface area contributed by atoms with E-state index in [9.17, 15) is 0 Å². The van der Waals surface area contributed by atoms with Crippen molar-refractivity contribution in [1.82, 2.24) is 4.98 Å². The van der Waals surface area contributed by atoms with E-state index in [0.29, 0.717) is 0 Å². The predicted molar refractivity (Wildman–Crippen MR) is 68.3 cm³/mol. The van der Waals surface area contributed by atoms with Crippen molar-refractivity contribution in [2.45, 2.75) is 13.1 Å². The molecule has 0 saturated heterocycles. The smallest absolute Gasteiger partial charge is 0.0592 e. The lowest BCUT2D eigenvalue weighted by Crippen LogP contribution is -2.14. The number of anilines is 1. The third kappa shape index (κ3) is 1.61. The molecule has 2 heterocycles. The van der Waals surface area contributed by atoms with Crippen molar-refractivity contribution in [3.63, 3.8) is 0 Å². The molecule has 16 heavy (non-hydrogen) atoms. The maximum absolute atomic E-state index is 4.09. The summed E-state index contributed by atoms with van der Waals surface area (Å²) < 4.78 is 1.06. The topological polar surface area (TPSA) is 16.1 Å². The Morgan fingerprint density at radius 2 is 1.75 bits per heavy atom. The van der Waals surface area contributed by atoms with Gasteiger partial charge in [-0.1, -0.05) is 24.3 Å². The number of pyridine rings is 1. The van der Waals surface area contributed by atoms with Gasteiger partial charge in [0.15, 0.2) is 0 Å². The largest absolute Gasteiger partial charge is 0.362 e. The van der Waals surface area contributed by atoms with E-state index in [1.54, 1.807) is 0 Å². The summed E-state index contributed by atoms with van der Waals surface area (Å²) in [6.07, 6.45) is 3.68. The fourth-order valence-corrected chi connectivity index (χ4v) is 2.63. The normalized spacial score (nSPS) is 13.9. The lowest BCUT2D eigenvalue weighted by Gasteiger charge is -2.18. The second kappa shape index (κ2) is 3.91. The first-order chi connectivity index (χ1) is 7.84. The van der Waals surface area contributed by atoms with E-state index in [1.165, 1.54) is 16.8 Å². The highest BCUT2D eigenvalue weighted by molar-refractivity contribution is 9.10. The number of halogens is 1. The minimum Gasteiger partial charge on any atom is -0.362 e. The molecule has 3 rings (SSSR count). The standard InChI is InChI=1S/C13H11BrN2/c14-12-7-15-6-5-13(12)16-8-10-3-1-2-4-11(10)9-16/h1-7H,8-9H2. The Balaban J connectivity index is 1.95. The maximum Gasteiger partial charge on any atom is 0.0592 e. The number of rotatable bonds is 1. The van der Waals surface area contributed by atoms with Gasteiger partial charge in [0.05, 0.1) is 10.2 Å². The van der Waals surface area contributed by atoms with Gasteiger partial charge in [0.25, 0.3) is 0 Å². The van der Waals surface area contributed by atoms with Crippen LogP contribution in [0.25, 0.3) is 0 Å². The van der Waals surface area contributed by atoms with Gasteiger partial charge in [-0.05, 0) is 33.1 Å². The van der Waals surface area contributed by atoms with Crippen LogP contribution in [0.1, 0.15) is 11.1 Å². The molecule has 0 aliphatic carbocycles. The first kappa shape index (κ1) is 9.85. The van der Waals surface area contributed by atoms with Crippen molar-refractivity contribution in [3.8, 4) is 0 Å². The van der Waals surface area contributed by atoms with Gasteiger partial charge in [0.2, 0.25) is 0 Å². The molecule has 0 atom stereocenters. The average Bonchev–Trinajstić information content (AvgIpc) is 2.73. The van der Waals surface area contributed by atoms with Crippen LogP contribution in [0.5, 0.6) is 0 Å². The van der Waals surface area contributed by atoms with E-state index in [0.717, 1.165) is 17.6 Å². The number of benzene rings is 1. The van der Waals surface area contributed by atoms with Crippen molar-refractivity contribution in [2.24, 2.45) is 0 Å². The van der Waals surface area contributed by atoms with E-state index >= 15 is 0 Å². The molecule has 1 aromatic carbocycles. The highest BCUT2D eigenvalue weighted by Crippen LogP contribution is 2.32. The Labute approximate surface area is 103 Å². The molecule has 0 unspecified atom stereocenters. The van der Waals surface area contributed by atoms with E-state index < -0.39 is 0 Å². The van der Waals surface area contributed by atoms with Gasteiger partial charge >= 0.3 is 0 Å². The second-order valence-corrected chi connectivity index (χ2v) is 4.81. The van der Waals surface area contributed by atoms with Crippen LogP contribution in [0.15, 0.2) is 47.2 Å². The van der Waals surface area contributed by atoms with Crippen LogP contribution < -0.4 is 4.90 Å². The summed E-state index contributed by atoms with van der Waals surface area (Å²) in [5.41, 5.74) is 4.06.